The molecule has 0 aliphatic carbocycles. The molecule has 16 heavy (non-hydrogen) atoms. The van der Waals surface area contributed by atoms with Gasteiger partial charge in [-0.25, -0.2) is 4.98 Å². The summed E-state index contributed by atoms with van der Waals surface area (Å²) in [5.74, 6) is -0.257. The molecular formula is C10H12Cl2N2O2. The number of halogens is 2. The van der Waals surface area contributed by atoms with Gasteiger partial charge in [-0.05, 0) is 13.0 Å². The number of carbonyl (C=O) groups is 1. The largest absolute Gasteiger partial charge is 0.394 e. The first kappa shape index (κ1) is 13.2. The Labute approximate surface area is 104 Å². The van der Waals surface area contributed by atoms with Gasteiger partial charge in [0.15, 0.2) is 0 Å². The Hall–Kier alpha value is -0.840. The summed E-state index contributed by atoms with van der Waals surface area (Å²) in [4.78, 5) is 17.1. The summed E-state index contributed by atoms with van der Waals surface area (Å²) in [6.07, 6.45) is 1.36. The Kier molecular flexibility index (Phi) is 4.53. The highest BCUT2D eigenvalue weighted by atomic mass is 35.5. The Balaban J connectivity index is 2.92. The maximum atomic E-state index is 11.9. The van der Waals surface area contributed by atoms with Crippen LogP contribution in [0.3, 0.4) is 0 Å². The van der Waals surface area contributed by atoms with E-state index in [0.717, 1.165) is 0 Å². The third-order valence-corrected chi connectivity index (χ3v) is 2.97. The predicted molar refractivity (Wildman–Crippen MR) is 62.9 cm³/mol. The molecule has 0 aliphatic rings. The van der Waals surface area contributed by atoms with Gasteiger partial charge in [0.05, 0.1) is 23.2 Å². The van der Waals surface area contributed by atoms with E-state index in [9.17, 15) is 4.79 Å². The van der Waals surface area contributed by atoms with E-state index < -0.39 is 0 Å². The second-order valence-corrected chi connectivity index (χ2v) is 4.21. The molecule has 1 atom stereocenters. The molecule has 0 saturated heterocycles. The molecule has 1 aromatic rings. The van der Waals surface area contributed by atoms with Crippen molar-refractivity contribution < 1.29 is 9.90 Å². The van der Waals surface area contributed by atoms with Gasteiger partial charge in [-0.3, -0.25) is 4.79 Å². The van der Waals surface area contributed by atoms with Crippen LogP contribution in [0.4, 0.5) is 0 Å². The molecule has 1 rings (SSSR count). The Morgan fingerprint density at radius 1 is 1.62 bits per heavy atom. The molecule has 0 spiro atoms. The van der Waals surface area contributed by atoms with Gasteiger partial charge in [0, 0.05) is 13.2 Å². The summed E-state index contributed by atoms with van der Waals surface area (Å²) in [6, 6.07) is 1.20. The minimum atomic E-state index is -0.262. The average molecular weight is 263 g/mol. The van der Waals surface area contributed by atoms with Crippen LogP contribution in [0.1, 0.15) is 17.3 Å². The van der Waals surface area contributed by atoms with Gasteiger partial charge in [-0.1, -0.05) is 23.2 Å². The van der Waals surface area contributed by atoms with Crippen molar-refractivity contribution >= 4 is 29.1 Å². The second-order valence-electron chi connectivity index (χ2n) is 3.44. The van der Waals surface area contributed by atoms with Crippen molar-refractivity contribution in [3.05, 3.63) is 28.0 Å². The molecule has 1 amide bonds. The standard InChI is InChI=1S/C10H12Cl2N2O2/c1-6(5-15)14(2)10(16)7-3-8(11)9(12)13-4-7/h3-4,6,15H,5H2,1-2H3. The smallest absolute Gasteiger partial charge is 0.255 e. The van der Waals surface area contributed by atoms with Gasteiger partial charge in [0.2, 0.25) is 0 Å². The summed E-state index contributed by atoms with van der Waals surface area (Å²) in [5.41, 5.74) is 0.345. The quantitative estimate of drug-likeness (QED) is 0.846. The lowest BCUT2D eigenvalue weighted by molar-refractivity contribution is 0.0682. The fourth-order valence-corrected chi connectivity index (χ4v) is 1.33. The number of nitrogens with zero attached hydrogens (tertiary/aromatic N) is 2. The number of carbonyl (C=O) groups excluding carboxylic acids is 1. The molecule has 6 heteroatoms. The number of likely N-dealkylation sites (N-methyl/N-ethyl adjacent to an activating group) is 1. The summed E-state index contributed by atoms with van der Waals surface area (Å²) >= 11 is 11.4. The van der Waals surface area contributed by atoms with Crippen LogP contribution in [0, 0.1) is 0 Å². The van der Waals surface area contributed by atoms with Gasteiger partial charge >= 0.3 is 0 Å². The first-order valence-corrected chi connectivity index (χ1v) is 5.42. The van der Waals surface area contributed by atoms with Crippen molar-refractivity contribution in [2.45, 2.75) is 13.0 Å². The van der Waals surface area contributed by atoms with Crippen LogP contribution in [0.25, 0.3) is 0 Å². The molecule has 0 aromatic carbocycles. The lowest BCUT2D eigenvalue weighted by atomic mass is 10.2. The third-order valence-electron chi connectivity index (χ3n) is 2.29. The van der Waals surface area contributed by atoms with E-state index >= 15 is 0 Å². The number of hydrogen-bond acceptors (Lipinski definition) is 3. The fourth-order valence-electron chi connectivity index (χ4n) is 1.06. The van der Waals surface area contributed by atoms with Crippen LogP contribution in [0.15, 0.2) is 12.3 Å². The van der Waals surface area contributed by atoms with Crippen molar-refractivity contribution in [2.75, 3.05) is 13.7 Å². The highest BCUT2D eigenvalue weighted by Gasteiger charge is 2.17. The predicted octanol–water partition coefficient (Wildman–Crippen LogP) is 1.84. The van der Waals surface area contributed by atoms with E-state index in [0.29, 0.717) is 5.56 Å². The molecule has 0 fully saturated rings. The van der Waals surface area contributed by atoms with Crippen LogP contribution in [0.5, 0.6) is 0 Å². The first-order chi connectivity index (χ1) is 7.47. The number of pyridine rings is 1. The fraction of sp³-hybridized carbons (Fsp3) is 0.400. The van der Waals surface area contributed by atoms with Crippen LogP contribution >= 0.6 is 23.2 Å². The van der Waals surface area contributed by atoms with Crippen molar-refractivity contribution in [3.63, 3.8) is 0 Å². The molecule has 88 valence electrons. The number of aliphatic hydroxyl groups is 1. The van der Waals surface area contributed by atoms with Crippen LogP contribution in [-0.2, 0) is 0 Å². The highest BCUT2D eigenvalue weighted by Crippen LogP contribution is 2.20. The third kappa shape index (κ3) is 2.84. The van der Waals surface area contributed by atoms with E-state index in [1.54, 1.807) is 14.0 Å². The lowest BCUT2D eigenvalue weighted by Gasteiger charge is -2.23. The van der Waals surface area contributed by atoms with Gasteiger partial charge in [-0.15, -0.1) is 0 Å². The van der Waals surface area contributed by atoms with Crippen LogP contribution in [0.2, 0.25) is 10.2 Å². The van der Waals surface area contributed by atoms with Crippen LogP contribution in [-0.4, -0.2) is 40.6 Å². The summed E-state index contributed by atoms with van der Waals surface area (Å²) in [5, 5.41) is 9.34. The van der Waals surface area contributed by atoms with Gasteiger partial charge < -0.3 is 10.0 Å². The average Bonchev–Trinajstić information content (AvgIpc) is 2.29. The maximum absolute atomic E-state index is 11.9. The zero-order valence-electron chi connectivity index (χ0n) is 8.94. The first-order valence-electron chi connectivity index (χ1n) is 4.66. The number of amides is 1. The monoisotopic (exact) mass is 262 g/mol. The topological polar surface area (TPSA) is 53.4 Å². The molecule has 1 N–H and O–H groups in total. The summed E-state index contributed by atoms with van der Waals surface area (Å²) in [6.45, 7) is 1.64. The lowest BCUT2D eigenvalue weighted by Crippen LogP contribution is -2.37. The molecule has 0 aliphatic heterocycles. The number of aliphatic hydroxyl groups excluding tert-OH is 1. The zero-order valence-corrected chi connectivity index (χ0v) is 10.5. The van der Waals surface area contributed by atoms with Gasteiger partial charge in [0.25, 0.3) is 5.91 Å². The molecule has 0 radical (unpaired) electrons. The Bertz CT molecular complexity index is 398. The highest BCUT2D eigenvalue weighted by molar-refractivity contribution is 6.41. The summed E-state index contributed by atoms with van der Waals surface area (Å²) < 4.78 is 0. The minimum Gasteiger partial charge on any atom is -0.394 e. The van der Waals surface area contributed by atoms with Crippen molar-refractivity contribution in [1.29, 1.82) is 0 Å². The maximum Gasteiger partial charge on any atom is 0.255 e. The van der Waals surface area contributed by atoms with Gasteiger partial charge in [-0.2, -0.15) is 0 Å². The van der Waals surface area contributed by atoms with E-state index in [1.165, 1.54) is 17.2 Å². The SMILES string of the molecule is CC(CO)N(C)C(=O)c1cnc(Cl)c(Cl)c1. The molecule has 4 nitrogen and oxygen atoms in total. The normalized spacial score (nSPS) is 12.3. The number of aromatic nitrogens is 1. The van der Waals surface area contributed by atoms with Crippen molar-refractivity contribution in [1.82, 2.24) is 9.88 Å². The van der Waals surface area contributed by atoms with E-state index in [2.05, 4.69) is 4.98 Å². The molecule has 1 aromatic heterocycles. The van der Waals surface area contributed by atoms with Crippen molar-refractivity contribution in [2.24, 2.45) is 0 Å². The van der Waals surface area contributed by atoms with E-state index in [-0.39, 0.29) is 28.7 Å². The van der Waals surface area contributed by atoms with Gasteiger partial charge in [0.1, 0.15) is 5.15 Å². The van der Waals surface area contributed by atoms with E-state index in [4.69, 9.17) is 28.3 Å². The number of rotatable bonds is 3. The second kappa shape index (κ2) is 5.48. The minimum absolute atomic E-state index is 0.100. The molecular weight excluding hydrogens is 251 g/mol. The summed E-state index contributed by atoms with van der Waals surface area (Å²) in [7, 11) is 1.60. The Morgan fingerprint density at radius 3 is 2.75 bits per heavy atom. The molecule has 0 saturated carbocycles. The number of hydrogen-bond donors (Lipinski definition) is 1. The molecule has 0 bridgehead atoms. The molecule has 1 heterocycles. The zero-order chi connectivity index (χ0) is 12.3. The van der Waals surface area contributed by atoms with Crippen LogP contribution < -0.4 is 0 Å². The van der Waals surface area contributed by atoms with Crippen molar-refractivity contribution in [3.8, 4) is 0 Å². The Morgan fingerprint density at radius 2 is 2.25 bits per heavy atom. The molecule has 1 unspecified atom stereocenters. The van der Waals surface area contributed by atoms with E-state index in [1.807, 2.05) is 0 Å².